The van der Waals surface area contributed by atoms with Crippen molar-refractivity contribution >= 4 is 11.3 Å². The zero-order valence-electron chi connectivity index (χ0n) is 10.2. The second kappa shape index (κ2) is 8.70. The third-order valence-corrected chi connectivity index (χ3v) is 3.24. The molecule has 92 valence electrons. The highest BCUT2D eigenvalue weighted by Crippen LogP contribution is 2.10. The molecule has 1 heterocycles. The van der Waals surface area contributed by atoms with Gasteiger partial charge >= 0.3 is 0 Å². The van der Waals surface area contributed by atoms with Crippen LogP contribution in [0, 0.1) is 0 Å². The standard InChI is InChI=1S/C12H22N2OS/c1-14(11-12-5-3-10-16-12)8-4-6-13-7-9-15-2/h3,5,10,13H,4,6-9,11H2,1-2H3. The second-order valence-electron chi connectivity index (χ2n) is 3.91. The molecule has 0 fully saturated rings. The third kappa shape index (κ3) is 6.23. The third-order valence-electron chi connectivity index (χ3n) is 2.38. The number of ether oxygens (including phenoxy) is 1. The zero-order chi connectivity index (χ0) is 11.6. The van der Waals surface area contributed by atoms with E-state index in [-0.39, 0.29) is 0 Å². The van der Waals surface area contributed by atoms with Crippen molar-refractivity contribution in [3.8, 4) is 0 Å². The molecule has 0 amide bonds. The van der Waals surface area contributed by atoms with Crippen LogP contribution in [0.15, 0.2) is 17.5 Å². The fraction of sp³-hybridized carbons (Fsp3) is 0.667. The van der Waals surface area contributed by atoms with Crippen LogP contribution >= 0.6 is 11.3 Å². The van der Waals surface area contributed by atoms with Crippen molar-refractivity contribution in [3.63, 3.8) is 0 Å². The van der Waals surface area contributed by atoms with Gasteiger partial charge in [-0.15, -0.1) is 11.3 Å². The molecular weight excluding hydrogens is 220 g/mol. The maximum absolute atomic E-state index is 4.97. The highest BCUT2D eigenvalue weighted by molar-refractivity contribution is 7.09. The highest BCUT2D eigenvalue weighted by Gasteiger charge is 2.00. The van der Waals surface area contributed by atoms with E-state index in [1.54, 1.807) is 7.11 Å². The van der Waals surface area contributed by atoms with Gasteiger partial charge in [-0.05, 0) is 38.0 Å². The topological polar surface area (TPSA) is 24.5 Å². The molecule has 0 atom stereocenters. The van der Waals surface area contributed by atoms with Crippen LogP contribution in [-0.2, 0) is 11.3 Å². The molecule has 16 heavy (non-hydrogen) atoms. The SMILES string of the molecule is COCCNCCCN(C)Cc1cccs1. The van der Waals surface area contributed by atoms with Gasteiger partial charge in [0.2, 0.25) is 0 Å². The minimum atomic E-state index is 0.797. The lowest BCUT2D eigenvalue weighted by Gasteiger charge is -2.15. The summed E-state index contributed by atoms with van der Waals surface area (Å²) >= 11 is 1.83. The van der Waals surface area contributed by atoms with Crippen LogP contribution in [0.5, 0.6) is 0 Å². The Morgan fingerprint density at radius 3 is 3.00 bits per heavy atom. The Morgan fingerprint density at radius 1 is 1.44 bits per heavy atom. The van der Waals surface area contributed by atoms with E-state index >= 15 is 0 Å². The molecule has 3 nitrogen and oxygen atoms in total. The molecule has 1 N–H and O–H groups in total. The zero-order valence-corrected chi connectivity index (χ0v) is 11.1. The van der Waals surface area contributed by atoms with Crippen LogP contribution in [-0.4, -0.2) is 45.3 Å². The molecule has 1 rings (SSSR count). The summed E-state index contributed by atoms with van der Waals surface area (Å²) in [5.41, 5.74) is 0. The lowest BCUT2D eigenvalue weighted by atomic mass is 10.3. The number of methoxy groups -OCH3 is 1. The fourth-order valence-electron chi connectivity index (χ4n) is 1.52. The summed E-state index contributed by atoms with van der Waals surface area (Å²) in [6.45, 7) is 5.02. The summed E-state index contributed by atoms with van der Waals surface area (Å²) in [5.74, 6) is 0. The summed E-state index contributed by atoms with van der Waals surface area (Å²) in [6.07, 6.45) is 1.19. The first kappa shape index (κ1) is 13.6. The predicted octanol–water partition coefficient (Wildman–Crippen LogP) is 1.81. The number of rotatable bonds is 9. The molecule has 0 aromatic carbocycles. The first-order chi connectivity index (χ1) is 7.83. The number of nitrogens with zero attached hydrogens (tertiary/aromatic N) is 1. The molecule has 1 aromatic rings. The van der Waals surface area contributed by atoms with E-state index in [9.17, 15) is 0 Å². The van der Waals surface area contributed by atoms with Gasteiger partial charge in [0.25, 0.3) is 0 Å². The summed E-state index contributed by atoms with van der Waals surface area (Å²) in [7, 11) is 3.91. The van der Waals surface area contributed by atoms with Gasteiger partial charge in [-0.25, -0.2) is 0 Å². The van der Waals surface area contributed by atoms with Crippen molar-refractivity contribution in [1.82, 2.24) is 10.2 Å². The van der Waals surface area contributed by atoms with Gasteiger partial charge in [0.15, 0.2) is 0 Å². The minimum absolute atomic E-state index is 0.797. The number of hydrogen-bond acceptors (Lipinski definition) is 4. The first-order valence-electron chi connectivity index (χ1n) is 5.73. The molecule has 0 aliphatic carbocycles. The van der Waals surface area contributed by atoms with E-state index < -0.39 is 0 Å². The van der Waals surface area contributed by atoms with E-state index in [0.717, 1.165) is 32.8 Å². The highest BCUT2D eigenvalue weighted by atomic mass is 32.1. The summed E-state index contributed by atoms with van der Waals surface area (Å²) in [4.78, 5) is 3.80. The summed E-state index contributed by atoms with van der Waals surface area (Å²) in [6, 6.07) is 4.30. The molecule has 0 aliphatic heterocycles. The molecule has 0 saturated carbocycles. The molecular formula is C12H22N2OS. The van der Waals surface area contributed by atoms with Crippen LogP contribution in [0.3, 0.4) is 0 Å². The monoisotopic (exact) mass is 242 g/mol. The first-order valence-corrected chi connectivity index (χ1v) is 6.61. The molecule has 0 saturated heterocycles. The maximum atomic E-state index is 4.97. The molecule has 0 bridgehead atoms. The lowest BCUT2D eigenvalue weighted by molar-refractivity contribution is 0.199. The van der Waals surface area contributed by atoms with Crippen LogP contribution in [0.1, 0.15) is 11.3 Å². The second-order valence-corrected chi connectivity index (χ2v) is 4.95. The van der Waals surface area contributed by atoms with Crippen LogP contribution in [0.4, 0.5) is 0 Å². The Bertz CT molecular complexity index is 252. The van der Waals surface area contributed by atoms with Gasteiger partial charge in [0.1, 0.15) is 0 Å². The van der Waals surface area contributed by atoms with E-state index in [4.69, 9.17) is 4.74 Å². The Balaban J connectivity index is 1.96. The van der Waals surface area contributed by atoms with Gasteiger partial charge in [-0.2, -0.15) is 0 Å². The molecule has 0 spiro atoms. The predicted molar refractivity (Wildman–Crippen MR) is 70.0 cm³/mol. The lowest BCUT2D eigenvalue weighted by Crippen LogP contribution is -2.25. The smallest absolute Gasteiger partial charge is 0.0587 e. The summed E-state index contributed by atoms with van der Waals surface area (Å²) in [5, 5.41) is 5.49. The largest absolute Gasteiger partial charge is 0.383 e. The number of nitrogens with one attached hydrogen (secondary N) is 1. The normalized spacial score (nSPS) is 11.2. The van der Waals surface area contributed by atoms with Crippen molar-refractivity contribution in [2.45, 2.75) is 13.0 Å². The van der Waals surface area contributed by atoms with E-state index in [2.05, 4.69) is 34.8 Å². The molecule has 0 unspecified atom stereocenters. The van der Waals surface area contributed by atoms with Crippen molar-refractivity contribution in [1.29, 1.82) is 0 Å². The number of thiophene rings is 1. The molecule has 4 heteroatoms. The van der Waals surface area contributed by atoms with Gasteiger partial charge in [0.05, 0.1) is 6.61 Å². The maximum Gasteiger partial charge on any atom is 0.0587 e. The Kier molecular flexibility index (Phi) is 7.42. The van der Waals surface area contributed by atoms with Gasteiger partial charge in [-0.3, -0.25) is 0 Å². The van der Waals surface area contributed by atoms with E-state index in [1.165, 1.54) is 11.3 Å². The quantitative estimate of drug-likeness (QED) is 0.668. The van der Waals surface area contributed by atoms with Crippen molar-refractivity contribution in [2.24, 2.45) is 0 Å². The minimum Gasteiger partial charge on any atom is -0.383 e. The van der Waals surface area contributed by atoms with Crippen molar-refractivity contribution in [2.75, 3.05) is 40.4 Å². The Morgan fingerprint density at radius 2 is 2.31 bits per heavy atom. The fourth-order valence-corrected chi connectivity index (χ4v) is 2.30. The molecule has 0 radical (unpaired) electrons. The van der Waals surface area contributed by atoms with Gasteiger partial charge in [0, 0.05) is 25.1 Å². The van der Waals surface area contributed by atoms with Gasteiger partial charge in [-0.1, -0.05) is 6.07 Å². The molecule has 1 aromatic heterocycles. The van der Waals surface area contributed by atoms with E-state index in [1.807, 2.05) is 11.3 Å². The molecule has 0 aliphatic rings. The average molecular weight is 242 g/mol. The van der Waals surface area contributed by atoms with Crippen LogP contribution in [0.25, 0.3) is 0 Å². The van der Waals surface area contributed by atoms with Crippen LogP contribution < -0.4 is 5.32 Å². The Hall–Kier alpha value is -0.420. The average Bonchev–Trinajstić information content (AvgIpc) is 2.76. The Labute approximate surface area is 102 Å². The van der Waals surface area contributed by atoms with Crippen molar-refractivity contribution < 1.29 is 4.74 Å². The van der Waals surface area contributed by atoms with Crippen molar-refractivity contribution in [3.05, 3.63) is 22.4 Å². The van der Waals surface area contributed by atoms with Crippen LogP contribution in [0.2, 0.25) is 0 Å². The van der Waals surface area contributed by atoms with E-state index in [0.29, 0.717) is 0 Å². The van der Waals surface area contributed by atoms with Gasteiger partial charge < -0.3 is 15.0 Å². The number of hydrogen-bond donors (Lipinski definition) is 1. The summed E-state index contributed by atoms with van der Waals surface area (Å²) < 4.78 is 4.97.